The van der Waals surface area contributed by atoms with Gasteiger partial charge in [0.25, 0.3) is 0 Å². The van der Waals surface area contributed by atoms with Crippen LogP contribution in [0.25, 0.3) is 34.4 Å². The third-order valence-corrected chi connectivity index (χ3v) is 11.3. The molecule has 0 spiro atoms. The largest absolute Gasteiger partial charge is 0.0626 e. The van der Waals surface area contributed by atoms with Gasteiger partial charge in [0.1, 0.15) is 0 Å². The topological polar surface area (TPSA) is 0 Å². The van der Waals surface area contributed by atoms with Crippen LogP contribution in [0, 0.1) is 0 Å². The molecule has 0 saturated heterocycles. The van der Waals surface area contributed by atoms with Gasteiger partial charge in [-0.1, -0.05) is 162 Å². The average molecular weight is 670 g/mol. The fraction of sp³-hybridized carbons (Fsp3) is 0.333. The smallest absolute Gasteiger partial charge is 0.0397 e. The van der Waals surface area contributed by atoms with Crippen molar-refractivity contribution in [3.8, 4) is 22.3 Å². The molecule has 2 unspecified atom stereocenters. The van der Waals surface area contributed by atoms with Crippen LogP contribution >= 0.6 is 0 Å². The standard InChI is InChI=1S/C42H46Si.Zr/c1-7-29-23-39-35(33-19-15-31(16-20-33)27(3)4)11-9-13-37(39)41(29)25-43-26-42-30(8-2)24-40-36(12-10-14-38(40)42)34-21-17-32(18-22-34)28(5)6;/h9-24,27-28,41-42H,7-8,25-26H2,1-6H3;. The van der Waals surface area contributed by atoms with Gasteiger partial charge in [-0.05, 0) is 80.3 Å². The van der Waals surface area contributed by atoms with E-state index in [0.29, 0.717) is 23.7 Å². The third-order valence-electron chi connectivity index (χ3n) is 9.88. The first-order valence-corrected chi connectivity index (χ1v) is 17.9. The summed E-state index contributed by atoms with van der Waals surface area (Å²) in [6.45, 7) is 13.8. The zero-order valence-electron chi connectivity index (χ0n) is 27.4. The van der Waals surface area contributed by atoms with Crippen molar-refractivity contribution in [1.29, 1.82) is 0 Å². The van der Waals surface area contributed by atoms with Crippen LogP contribution in [0.1, 0.15) is 111 Å². The minimum atomic E-state index is 0. The fourth-order valence-corrected chi connectivity index (χ4v) is 8.93. The molecular weight excluding hydrogens is 624 g/mol. The maximum absolute atomic E-state index is 2.52. The molecule has 2 aliphatic rings. The van der Waals surface area contributed by atoms with E-state index in [9.17, 15) is 0 Å². The summed E-state index contributed by atoms with van der Waals surface area (Å²) in [5.74, 6) is 2.22. The van der Waals surface area contributed by atoms with Gasteiger partial charge in [0.15, 0.2) is 0 Å². The molecule has 2 heteroatoms. The Balaban J connectivity index is 0.00000384. The summed E-state index contributed by atoms with van der Waals surface area (Å²) in [6.07, 6.45) is 7.30. The van der Waals surface area contributed by atoms with Gasteiger partial charge in [0.05, 0.1) is 0 Å². The summed E-state index contributed by atoms with van der Waals surface area (Å²) < 4.78 is 0. The quantitative estimate of drug-likeness (QED) is 0.147. The van der Waals surface area contributed by atoms with E-state index in [0.717, 1.165) is 22.4 Å². The van der Waals surface area contributed by atoms with Crippen molar-refractivity contribution in [2.24, 2.45) is 0 Å². The van der Waals surface area contributed by atoms with E-state index < -0.39 is 0 Å². The van der Waals surface area contributed by atoms with Gasteiger partial charge in [0, 0.05) is 47.6 Å². The second-order valence-electron chi connectivity index (χ2n) is 13.1. The molecule has 2 radical (unpaired) electrons. The molecule has 44 heavy (non-hydrogen) atoms. The summed E-state index contributed by atoms with van der Waals surface area (Å²) in [5, 5.41) is 0. The van der Waals surface area contributed by atoms with Gasteiger partial charge < -0.3 is 0 Å². The van der Waals surface area contributed by atoms with E-state index >= 15 is 0 Å². The van der Waals surface area contributed by atoms with Gasteiger partial charge in [-0.25, -0.2) is 0 Å². The number of hydrogen-bond donors (Lipinski definition) is 0. The van der Waals surface area contributed by atoms with Crippen molar-refractivity contribution in [3.63, 3.8) is 0 Å². The Morgan fingerprint density at radius 3 is 1.27 bits per heavy atom. The zero-order valence-corrected chi connectivity index (χ0v) is 30.8. The predicted octanol–water partition coefficient (Wildman–Crippen LogP) is 12.3. The molecule has 2 atom stereocenters. The molecule has 0 N–H and O–H groups in total. The van der Waals surface area contributed by atoms with Crippen molar-refractivity contribution < 1.29 is 26.2 Å². The van der Waals surface area contributed by atoms with Gasteiger partial charge in [-0.2, -0.15) is 0 Å². The van der Waals surface area contributed by atoms with Crippen LogP contribution in [-0.4, -0.2) is 9.52 Å². The summed E-state index contributed by atoms with van der Waals surface area (Å²) in [6, 6.07) is 35.0. The summed E-state index contributed by atoms with van der Waals surface area (Å²) in [4.78, 5) is 0. The predicted molar refractivity (Wildman–Crippen MR) is 189 cm³/mol. The number of allylic oxidation sites excluding steroid dienone is 2. The SMILES string of the molecule is CCC1=Cc2c(-c3ccc(C(C)C)cc3)cccc2C1C[Si]CC1C(CC)=Cc2c(-c3ccc(C(C)C)cc3)cccc21.[Zr]. The van der Waals surface area contributed by atoms with Crippen molar-refractivity contribution in [2.75, 3.05) is 0 Å². The maximum Gasteiger partial charge on any atom is 0.0397 e. The normalized spacial score (nSPS) is 16.9. The number of benzene rings is 4. The van der Waals surface area contributed by atoms with Crippen LogP contribution in [0.4, 0.5) is 0 Å². The molecular formula is C42H46SiZr. The molecule has 2 aliphatic carbocycles. The minimum absolute atomic E-state index is 0. The first-order valence-electron chi connectivity index (χ1n) is 16.5. The molecule has 0 saturated carbocycles. The summed E-state index contributed by atoms with van der Waals surface area (Å²) >= 11 is 0. The first-order chi connectivity index (χ1) is 20.9. The van der Waals surface area contributed by atoms with Crippen molar-refractivity contribution in [2.45, 2.75) is 90.1 Å². The second kappa shape index (κ2) is 14.3. The van der Waals surface area contributed by atoms with Gasteiger partial charge >= 0.3 is 0 Å². The second-order valence-corrected chi connectivity index (χ2v) is 14.4. The van der Waals surface area contributed by atoms with Crippen LogP contribution in [-0.2, 0) is 26.2 Å². The van der Waals surface area contributed by atoms with Gasteiger partial charge in [-0.3, -0.25) is 0 Å². The Morgan fingerprint density at radius 1 is 0.545 bits per heavy atom. The third kappa shape index (κ3) is 6.41. The van der Waals surface area contributed by atoms with Gasteiger partial charge in [0.2, 0.25) is 0 Å². The van der Waals surface area contributed by atoms with E-state index in [1.54, 1.807) is 22.3 Å². The first kappa shape index (κ1) is 32.8. The fourth-order valence-electron chi connectivity index (χ4n) is 7.22. The molecule has 0 bridgehead atoms. The van der Waals surface area contributed by atoms with Crippen LogP contribution in [0.2, 0.25) is 12.1 Å². The molecule has 222 valence electrons. The van der Waals surface area contributed by atoms with Crippen LogP contribution < -0.4 is 0 Å². The molecule has 0 heterocycles. The minimum Gasteiger partial charge on any atom is -0.0626 e. The number of fused-ring (bicyclic) bond motifs is 2. The summed E-state index contributed by atoms with van der Waals surface area (Å²) in [7, 11) is 0.938. The monoisotopic (exact) mass is 668 g/mol. The van der Waals surface area contributed by atoms with Crippen molar-refractivity contribution in [1.82, 2.24) is 0 Å². The Kier molecular flexibility index (Phi) is 10.6. The maximum atomic E-state index is 2.52. The van der Waals surface area contributed by atoms with Crippen molar-refractivity contribution >= 4 is 21.7 Å². The van der Waals surface area contributed by atoms with Crippen LogP contribution in [0.5, 0.6) is 0 Å². The number of hydrogen-bond acceptors (Lipinski definition) is 0. The van der Waals surface area contributed by atoms with Gasteiger partial charge in [-0.15, -0.1) is 0 Å². The molecule has 0 fully saturated rings. The molecule has 0 amide bonds. The van der Waals surface area contributed by atoms with E-state index in [-0.39, 0.29) is 26.2 Å². The van der Waals surface area contributed by atoms with Crippen LogP contribution in [0.3, 0.4) is 0 Å². The molecule has 4 aromatic carbocycles. The summed E-state index contributed by atoms with van der Waals surface area (Å²) in [5.41, 5.74) is 17.5. The number of rotatable bonds is 10. The molecule has 0 nitrogen and oxygen atoms in total. The molecule has 4 aromatic rings. The van der Waals surface area contributed by atoms with E-state index in [1.807, 2.05) is 0 Å². The Labute approximate surface area is 288 Å². The van der Waals surface area contributed by atoms with E-state index in [4.69, 9.17) is 0 Å². The Morgan fingerprint density at radius 2 is 0.932 bits per heavy atom. The van der Waals surface area contributed by atoms with Crippen molar-refractivity contribution in [3.05, 3.63) is 129 Å². The Hall–Kier alpha value is -2.54. The molecule has 0 aromatic heterocycles. The average Bonchev–Trinajstić information content (AvgIpc) is 3.59. The Bertz CT molecular complexity index is 1530. The molecule has 6 rings (SSSR count). The molecule has 0 aliphatic heterocycles. The van der Waals surface area contributed by atoms with E-state index in [1.165, 1.54) is 56.6 Å². The van der Waals surface area contributed by atoms with Crippen LogP contribution in [0.15, 0.2) is 96.1 Å². The van der Waals surface area contributed by atoms with E-state index in [2.05, 4.69) is 139 Å². The zero-order chi connectivity index (χ0) is 30.1.